The van der Waals surface area contributed by atoms with Gasteiger partial charge in [0.2, 0.25) is 0 Å². The zero-order valence-corrected chi connectivity index (χ0v) is 10.6. The van der Waals surface area contributed by atoms with Gasteiger partial charge in [0.1, 0.15) is 0 Å². The molecule has 1 aliphatic rings. The highest BCUT2D eigenvalue weighted by Crippen LogP contribution is 2.11. The lowest BCUT2D eigenvalue weighted by Crippen LogP contribution is -2.17. The summed E-state index contributed by atoms with van der Waals surface area (Å²) < 4.78 is 21.4. The summed E-state index contributed by atoms with van der Waals surface area (Å²) >= 11 is 4.04. The van der Waals surface area contributed by atoms with Gasteiger partial charge in [0, 0.05) is 12.4 Å². The van der Waals surface area contributed by atoms with Crippen molar-refractivity contribution < 1.29 is 18.9 Å². The first-order valence-corrected chi connectivity index (χ1v) is 6.52. The van der Waals surface area contributed by atoms with Crippen LogP contribution < -0.4 is 0 Å². The summed E-state index contributed by atoms with van der Waals surface area (Å²) in [5.41, 5.74) is 0. The second kappa shape index (κ2) is 10.4. The van der Waals surface area contributed by atoms with E-state index in [1.807, 2.05) is 0 Å². The SMILES string of the molecule is SCCOCCOCCOCC1CCCO1. The predicted molar refractivity (Wildman–Crippen MR) is 65.3 cm³/mol. The molecule has 0 amide bonds. The van der Waals surface area contributed by atoms with E-state index in [0.717, 1.165) is 25.2 Å². The number of ether oxygens (including phenoxy) is 4. The van der Waals surface area contributed by atoms with Gasteiger partial charge in [-0.2, -0.15) is 12.6 Å². The highest BCUT2D eigenvalue weighted by molar-refractivity contribution is 7.80. The molecule has 1 atom stereocenters. The van der Waals surface area contributed by atoms with Crippen LogP contribution in [0.1, 0.15) is 12.8 Å². The van der Waals surface area contributed by atoms with E-state index in [0.29, 0.717) is 45.7 Å². The summed E-state index contributed by atoms with van der Waals surface area (Å²) in [6, 6.07) is 0. The molecule has 1 heterocycles. The molecule has 0 aromatic rings. The van der Waals surface area contributed by atoms with Crippen LogP contribution in [0, 0.1) is 0 Å². The Morgan fingerprint density at radius 3 is 2.31 bits per heavy atom. The lowest BCUT2D eigenvalue weighted by Gasteiger charge is -2.10. The van der Waals surface area contributed by atoms with E-state index in [-0.39, 0.29) is 0 Å². The molecule has 0 bridgehead atoms. The molecular weight excluding hydrogens is 228 g/mol. The summed E-state index contributed by atoms with van der Waals surface area (Å²) in [5, 5.41) is 0. The van der Waals surface area contributed by atoms with Crippen LogP contribution in [0.4, 0.5) is 0 Å². The van der Waals surface area contributed by atoms with E-state index in [1.165, 1.54) is 0 Å². The van der Waals surface area contributed by atoms with Gasteiger partial charge in [-0.15, -0.1) is 0 Å². The van der Waals surface area contributed by atoms with Crippen LogP contribution in [0.3, 0.4) is 0 Å². The third-order valence-electron chi connectivity index (χ3n) is 2.31. The lowest BCUT2D eigenvalue weighted by molar-refractivity contribution is -0.0159. The summed E-state index contributed by atoms with van der Waals surface area (Å²) in [4.78, 5) is 0. The molecule has 1 saturated heterocycles. The summed E-state index contributed by atoms with van der Waals surface area (Å²) in [5.74, 6) is 0.754. The van der Waals surface area contributed by atoms with E-state index >= 15 is 0 Å². The fourth-order valence-corrected chi connectivity index (χ4v) is 1.62. The maximum atomic E-state index is 5.44. The molecule has 0 saturated carbocycles. The zero-order valence-electron chi connectivity index (χ0n) is 9.73. The van der Waals surface area contributed by atoms with Crippen molar-refractivity contribution in [3.63, 3.8) is 0 Å². The molecule has 0 spiro atoms. The van der Waals surface area contributed by atoms with E-state index in [4.69, 9.17) is 18.9 Å². The fourth-order valence-electron chi connectivity index (χ4n) is 1.49. The normalized spacial score (nSPS) is 20.4. The van der Waals surface area contributed by atoms with Gasteiger partial charge < -0.3 is 18.9 Å². The maximum absolute atomic E-state index is 5.44. The lowest BCUT2D eigenvalue weighted by atomic mass is 10.2. The summed E-state index contributed by atoms with van der Waals surface area (Å²) in [7, 11) is 0. The number of hydrogen-bond donors (Lipinski definition) is 1. The van der Waals surface area contributed by atoms with Crippen LogP contribution >= 0.6 is 12.6 Å². The van der Waals surface area contributed by atoms with Crippen LogP contribution in [0.5, 0.6) is 0 Å². The molecule has 1 fully saturated rings. The fraction of sp³-hybridized carbons (Fsp3) is 1.00. The van der Waals surface area contributed by atoms with Gasteiger partial charge in [-0.05, 0) is 12.8 Å². The van der Waals surface area contributed by atoms with Crippen molar-refractivity contribution in [2.45, 2.75) is 18.9 Å². The van der Waals surface area contributed by atoms with Gasteiger partial charge in [0.15, 0.2) is 0 Å². The molecular formula is C11H22O4S. The number of hydrogen-bond acceptors (Lipinski definition) is 5. The Kier molecular flexibility index (Phi) is 9.22. The quantitative estimate of drug-likeness (QED) is 0.466. The molecule has 16 heavy (non-hydrogen) atoms. The predicted octanol–water partition coefficient (Wildman–Crippen LogP) is 1.15. The Morgan fingerprint density at radius 1 is 1.00 bits per heavy atom. The Hall–Kier alpha value is 0.190. The monoisotopic (exact) mass is 250 g/mol. The van der Waals surface area contributed by atoms with Crippen molar-refractivity contribution in [3.8, 4) is 0 Å². The molecule has 0 aromatic carbocycles. The largest absolute Gasteiger partial charge is 0.378 e. The minimum absolute atomic E-state index is 0.304. The Morgan fingerprint density at radius 2 is 1.69 bits per heavy atom. The smallest absolute Gasteiger partial charge is 0.0809 e. The first kappa shape index (κ1) is 14.3. The Balaban J connectivity index is 1.71. The number of thiol groups is 1. The van der Waals surface area contributed by atoms with E-state index < -0.39 is 0 Å². The molecule has 1 rings (SSSR count). The van der Waals surface area contributed by atoms with Crippen molar-refractivity contribution in [1.29, 1.82) is 0 Å². The van der Waals surface area contributed by atoms with E-state index in [1.54, 1.807) is 0 Å². The van der Waals surface area contributed by atoms with Crippen LogP contribution in [0.25, 0.3) is 0 Å². The molecule has 0 N–H and O–H groups in total. The topological polar surface area (TPSA) is 36.9 Å². The Bertz CT molecular complexity index is 151. The average Bonchev–Trinajstić information content (AvgIpc) is 2.80. The minimum Gasteiger partial charge on any atom is -0.378 e. The molecule has 1 unspecified atom stereocenters. The second-order valence-corrected chi connectivity index (χ2v) is 4.11. The van der Waals surface area contributed by atoms with Gasteiger partial charge in [-0.3, -0.25) is 0 Å². The molecule has 5 heteroatoms. The van der Waals surface area contributed by atoms with Gasteiger partial charge in [0.25, 0.3) is 0 Å². The van der Waals surface area contributed by atoms with Crippen molar-refractivity contribution >= 4 is 12.6 Å². The first-order chi connectivity index (χ1) is 7.93. The van der Waals surface area contributed by atoms with E-state index in [2.05, 4.69) is 12.6 Å². The van der Waals surface area contributed by atoms with Crippen molar-refractivity contribution in [2.24, 2.45) is 0 Å². The van der Waals surface area contributed by atoms with E-state index in [9.17, 15) is 0 Å². The van der Waals surface area contributed by atoms with Gasteiger partial charge in [-0.25, -0.2) is 0 Å². The molecule has 96 valence electrons. The van der Waals surface area contributed by atoms with Crippen LogP contribution in [-0.2, 0) is 18.9 Å². The third kappa shape index (κ3) is 7.46. The van der Waals surface area contributed by atoms with Crippen molar-refractivity contribution in [3.05, 3.63) is 0 Å². The second-order valence-electron chi connectivity index (χ2n) is 3.66. The zero-order chi connectivity index (χ0) is 11.5. The molecule has 0 radical (unpaired) electrons. The molecule has 0 aromatic heterocycles. The Labute approximate surface area is 103 Å². The number of rotatable bonds is 10. The summed E-state index contributed by atoms with van der Waals surface area (Å²) in [6.07, 6.45) is 2.59. The van der Waals surface area contributed by atoms with Gasteiger partial charge in [0.05, 0.1) is 45.7 Å². The summed E-state index contributed by atoms with van der Waals surface area (Å²) in [6.45, 7) is 4.77. The van der Waals surface area contributed by atoms with Crippen molar-refractivity contribution in [2.75, 3.05) is 52.0 Å². The maximum Gasteiger partial charge on any atom is 0.0809 e. The van der Waals surface area contributed by atoms with Crippen LogP contribution in [-0.4, -0.2) is 58.1 Å². The standard InChI is InChI=1S/C11H22O4S/c16-9-8-13-5-4-12-6-7-14-10-11-2-1-3-15-11/h11,16H,1-10H2. The van der Waals surface area contributed by atoms with Crippen LogP contribution in [0.15, 0.2) is 0 Å². The minimum atomic E-state index is 0.304. The highest BCUT2D eigenvalue weighted by atomic mass is 32.1. The third-order valence-corrected chi connectivity index (χ3v) is 2.49. The van der Waals surface area contributed by atoms with Crippen LogP contribution in [0.2, 0.25) is 0 Å². The van der Waals surface area contributed by atoms with Gasteiger partial charge >= 0.3 is 0 Å². The first-order valence-electron chi connectivity index (χ1n) is 5.89. The molecule has 1 aliphatic heterocycles. The highest BCUT2D eigenvalue weighted by Gasteiger charge is 2.14. The van der Waals surface area contributed by atoms with Crippen molar-refractivity contribution in [1.82, 2.24) is 0 Å². The average molecular weight is 250 g/mol. The van der Waals surface area contributed by atoms with Gasteiger partial charge in [-0.1, -0.05) is 0 Å². The molecule has 4 nitrogen and oxygen atoms in total. The molecule has 0 aliphatic carbocycles.